The summed E-state index contributed by atoms with van der Waals surface area (Å²) in [5.41, 5.74) is 1.38. The molecule has 4 rings (SSSR count). The minimum Gasteiger partial charge on any atom is -0.465 e. The molecule has 33 heavy (non-hydrogen) atoms. The van der Waals surface area contributed by atoms with Crippen LogP contribution in [0.4, 0.5) is 8.78 Å². The van der Waals surface area contributed by atoms with Crippen molar-refractivity contribution in [3.63, 3.8) is 0 Å². The number of halogens is 2. The van der Waals surface area contributed by atoms with Gasteiger partial charge in [0, 0.05) is 18.9 Å². The molecule has 0 N–H and O–H groups in total. The van der Waals surface area contributed by atoms with E-state index in [9.17, 15) is 18.4 Å². The molecule has 0 saturated carbocycles. The third-order valence-electron chi connectivity index (χ3n) is 5.10. The first kappa shape index (κ1) is 22.7. The van der Waals surface area contributed by atoms with Gasteiger partial charge in [0.15, 0.2) is 5.16 Å². The third-order valence-corrected chi connectivity index (χ3v) is 6.07. The number of alkyl halides is 2. The Morgan fingerprint density at radius 2 is 1.97 bits per heavy atom. The smallest absolute Gasteiger partial charge is 0.337 e. The number of ether oxygens (including phenoxy) is 1. The van der Waals surface area contributed by atoms with Crippen molar-refractivity contribution in [2.45, 2.75) is 30.4 Å². The fraction of sp³-hybridized carbons (Fsp3) is 0.217. The van der Waals surface area contributed by atoms with Gasteiger partial charge in [0.1, 0.15) is 5.82 Å². The Balaban J connectivity index is 1.73. The lowest BCUT2D eigenvalue weighted by Crippen LogP contribution is -2.24. The minimum atomic E-state index is -2.71. The zero-order valence-electron chi connectivity index (χ0n) is 17.6. The zero-order chi connectivity index (χ0) is 23.4. The van der Waals surface area contributed by atoms with Gasteiger partial charge in [0.05, 0.1) is 29.3 Å². The van der Waals surface area contributed by atoms with E-state index in [1.54, 1.807) is 6.07 Å². The van der Waals surface area contributed by atoms with Crippen LogP contribution in [0.3, 0.4) is 0 Å². The Hall–Kier alpha value is -3.53. The van der Waals surface area contributed by atoms with Crippen molar-refractivity contribution < 1.29 is 18.3 Å². The van der Waals surface area contributed by atoms with Gasteiger partial charge in [-0.05, 0) is 30.2 Å². The number of fused-ring (bicyclic) bond motifs is 1. The quantitative estimate of drug-likeness (QED) is 0.217. The Kier molecular flexibility index (Phi) is 6.83. The standard InChI is InChI=1S/C23H20F2N4O3S/c1-32-21(31)16-7-8-17-18(13-16)27-23(33-14-19-26-10-12-28(19)22(24)25)29(20(17)30)11-9-15-5-3-2-4-6-15/h2-8,10,12-13,22H,9,11,14H2,1H3. The van der Waals surface area contributed by atoms with Crippen LogP contribution in [0.15, 0.2) is 70.9 Å². The number of imidazole rings is 1. The number of esters is 1. The molecule has 0 aliphatic carbocycles. The highest BCUT2D eigenvalue weighted by molar-refractivity contribution is 7.98. The molecule has 0 unspecified atom stereocenters. The van der Waals surface area contributed by atoms with Gasteiger partial charge in [-0.25, -0.2) is 14.8 Å². The number of carbonyl (C=O) groups is 1. The molecule has 2 heterocycles. The lowest BCUT2D eigenvalue weighted by molar-refractivity contribution is 0.0600. The second-order valence-electron chi connectivity index (χ2n) is 7.13. The van der Waals surface area contributed by atoms with E-state index in [1.165, 1.54) is 36.2 Å². The highest BCUT2D eigenvalue weighted by Gasteiger charge is 2.17. The number of nitrogens with zero attached hydrogens (tertiary/aromatic N) is 4. The summed E-state index contributed by atoms with van der Waals surface area (Å²) in [6.45, 7) is -2.36. The highest BCUT2D eigenvalue weighted by Crippen LogP contribution is 2.24. The summed E-state index contributed by atoms with van der Waals surface area (Å²) >= 11 is 1.14. The van der Waals surface area contributed by atoms with Gasteiger partial charge in [-0.3, -0.25) is 13.9 Å². The second-order valence-corrected chi connectivity index (χ2v) is 8.07. The van der Waals surface area contributed by atoms with Crippen molar-refractivity contribution in [2.75, 3.05) is 7.11 Å². The van der Waals surface area contributed by atoms with E-state index in [4.69, 9.17) is 4.74 Å². The number of aromatic nitrogens is 4. The molecule has 7 nitrogen and oxygen atoms in total. The van der Waals surface area contributed by atoms with Crippen LogP contribution in [-0.2, 0) is 23.5 Å². The molecule has 10 heteroatoms. The molecular formula is C23H20F2N4O3S. The summed E-state index contributed by atoms with van der Waals surface area (Å²) in [5.74, 6) is -0.278. The van der Waals surface area contributed by atoms with Crippen molar-refractivity contribution in [1.82, 2.24) is 19.1 Å². The van der Waals surface area contributed by atoms with Crippen LogP contribution in [0.5, 0.6) is 0 Å². The fourth-order valence-electron chi connectivity index (χ4n) is 3.40. The largest absolute Gasteiger partial charge is 0.465 e. The van der Waals surface area contributed by atoms with E-state index >= 15 is 0 Å². The topological polar surface area (TPSA) is 79.0 Å². The molecule has 0 radical (unpaired) electrons. The number of hydrogen-bond acceptors (Lipinski definition) is 6. The first-order valence-electron chi connectivity index (χ1n) is 10.1. The maximum atomic E-state index is 13.3. The average molecular weight is 471 g/mol. The van der Waals surface area contributed by atoms with Gasteiger partial charge < -0.3 is 4.74 Å². The predicted octanol–water partition coefficient (Wildman–Crippen LogP) is 4.31. The Labute approximate surface area is 192 Å². The molecule has 0 spiro atoms. The van der Waals surface area contributed by atoms with Crippen molar-refractivity contribution >= 4 is 28.6 Å². The number of thioether (sulfide) groups is 1. The number of rotatable bonds is 8. The van der Waals surface area contributed by atoms with E-state index in [1.807, 2.05) is 30.3 Å². The van der Waals surface area contributed by atoms with Crippen LogP contribution >= 0.6 is 11.8 Å². The van der Waals surface area contributed by atoms with Gasteiger partial charge >= 0.3 is 12.5 Å². The lowest BCUT2D eigenvalue weighted by atomic mass is 10.1. The molecule has 170 valence electrons. The second kappa shape index (κ2) is 9.95. The van der Waals surface area contributed by atoms with Gasteiger partial charge in [0.25, 0.3) is 5.56 Å². The van der Waals surface area contributed by atoms with Gasteiger partial charge in [-0.1, -0.05) is 42.1 Å². The maximum absolute atomic E-state index is 13.3. The van der Waals surface area contributed by atoms with Crippen molar-refractivity contribution in [3.8, 4) is 0 Å². The van der Waals surface area contributed by atoms with E-state index < -0.39 is 12.5 Å². The Morgan fingerprint density at radius 3 is 2.70 bits per heavy atom. The van der Waals surface area contributed by atoms with Gasteiger partial charge in [-0.15, -0.1) is 0 Å². The first-order valence-corrected chi connectivity index (χ1v) is 11.1. The first-order chi connectivity index (χ1) is 16.0. The highest BCUT2D eigenvalue weighted by atomic mass is 32.2. The number of benzene rings is 2. The summed E-state index contributed by atoms with van der Waals surface area (Å²) in [4.78, 5) is 33.8. The molecule has 0 saturated heterocycles. The van der Waals surface area contributed by atoms with E-state index in [0.717, 1.165) is 21.9 Å². The van der Waals surface area contributed by atoms with Crippen LogP contribution in [0.2, 0.25) is 0 Å². The SMILES string of the molecule is COC(=O)c1ccc2c(=O)n(CCc3ccccc3)c(SCc3nccn3C(F)F)nc2c1. The minimum absolute atomic E-state index is 0.0946. The summed E-state index contributed by atoms with van der Waals surface area (Å²) in [6, 6.07) is 14.3. The summed E-state index contributed by atoms with van der Waals surface area (Å²) in [5, 5.41) is 0.711. The van der Waals surface area contributed by atoms with E-state index in [0.29, 0.717) is 29.0 Å². The van der Waals surface area contributed by atoms with Crippen molar-refractivity contribution in [1.29, 1.82) is 0 Å². The van der Waals surface area contributed by atoms with Crippen LogP contribution in [0.1, 0.15) is 28.3 Å². The molecule has 2 aromatic heterocycles. The van der Waals surface area contributed by atoms with Crippen molar-refractivity contribution in [3.05, 3.63) is 88.2 Å². The molecular weight excluding hydrogens is 450 g/mol. The molecule has 0 aliphatic rings. The zero-order valence-corrected chi connectivity index (χ0v) is 18.5. The molecule has 0 fully saturated rings. The van der Waals surface area contributed by atoms with Crippen LogP contribution < -0.4 is 5.56 Å². The molecule has 0 bridgehead atoms. The predicted molar refractivity (Wildman–Crippen MR) is 121 cm³/mol. The molecule has 2 aromatic carbocycles. The monoisotopic (exact) mass is 470 g/mol. The third kappa shape index (κ3) is 4.95. The lowest BCUT2D eigenvalue weighted by Gasteiger charge is -2.14. The van der Waals surface area contributed by atoms with Crippen LogP contribution in [0, 0.1) is 0 Å². The maximum Gasteiger partial charge on any atom is 0.337 e. The summed E-state index contributed by atoms with van der Waals surface area (Å²) in [6.07, 6.45) is 3.11. The molecule has 4 aromatic rings. The molecule has 0 amide bonds. The summed E-state index contributed by atoms with van der Waals surface area (Å²) < 4.78 is 33.5. The average Bonchev–Trinajstić information content (AvgIpc) is 3.31. The summed E-state index contributed by atoms with van der Waals surface area (Å²) in [7, 11) is 1.27. The Bertz CT molecular complexity index is 1340. The van der Waals surface area contributed by atoms with Gasteiger partial charge in [-0.2, -0.15) is 8.78 Å². The van der Waals surface area contributed by atoms with E-state index in [2.05, 4.69) is 9.97 Å². The Morgan fingerprint density at radius 1 is 1.18 bits per heavy atom. The number of methoxy groups -OCH3 is 1. The van der Waals surface area contributed by atoms with Crippen LogP contribution in [0.25, 0.3) is 10.9 Å². The van der Waals surface area contributed by atoms with Crippen molar-refractivity contribution in [2.24, 2.45) is 0 Å². The molecule has 0 atom stereocenters. The molecule has 0 aliphatic heterocycles. The number of hydrogen-bond donors (Lipinski definition) is 0. The van der Waals surface area contributed by atoms with Crippen LogP contribution in [-0.4, -0.2) is 32.2 Å². The number of aryl methyl sites for hydroxylation is 1. The normalized spacial score (nSPS) is 11.3. The number of carbonyl (C=O) groups excluding carboxylic acids is 1. The van der Waals surface area contributed by atoms with Gasteiger partial charge in [0.2, 0.25) is 0 Å². The fourth-order valence-corrected chi connectivity index (χ4v) is 4.38. The van der Waals surface area contributed by atoms with E-state index in [-0.39, 0.29) is 22.7 Å².